The smallest absolute Gasteiger partial charge is 0.234 e. The van der Waals surface area contributed by atoms with Crippen LogP contribution in [0.25, 0.3) is 0 Å². The van der Waals surface area contributed by atoms with E-state index in [4.69, 9.17) is 9.47 Å². The molecule has 3 aromatic rings. The molecule has 0 spiro atoms. The highest BCUT2D eigenvalue weighted by Crippen LogP contribution is 2.29. The molecule has 0 saturated carbocycles. The summed E-state index contributed by atoms with van der Waals surface area (Å²) in [5.41, 5.74) is 0.571. The molecule has 27 heavy (non-hydrogen) atoms. The van der Waals surface area contributed by atoms with E-state index in [-0.39, 0.29) is 11.7 Å². The van der Waals surface area contributed by atoms with Crippen molar-refractivity contribution in [2.75, 3.05) is 25.3 Å². The summed E-state index contributed by atoms with van der Waals surface area (Å²) in [6.07, 6.45) is 2.61. The van der Waals surface area contributed by atoms with Crippen LogP contribution in [0.5, 0.6) is 11.5 Å². The van der Waals surface area contributed by atoms with Crippen molar-refractivity contribution in [2.24, 2.45) is 0 Å². The number of hydrogen-bond donors (Lipinski definition) is 1. The third-order valence-corrected chi connectivity index (χ3v) is 5.69. The molecule has 7 nitrogen and oxygen atoms in total. The van der Waals surface area contributed by atoms with Gasteiger partial charge in [-0.3, -0.25) is 4.79 Å². The van der Waals surface area contributed by atoms with Gasteiger partial charge in [-0.05, 0) is 30.0 Å². The van der Waals surface area contributed by atoms with Gasteiger partial charge >= 0.3 is 0 Å². The van der Waals surface area contributed by atoms with Crippen molar-refractivity contribution >= 4 is 34.7 Å². The van der Waals surface area contributed by atoms with Crippen LogP contribution in [0, 0.1) is 0 Å². The molecule has 0 aliphatic rings. The summed E-state index contributed by atoms with van der Waals surface area (Å²) >= 11 is 3.08. The molecule has 3 rings (SSSR count). The van der Waals surface area contributed by atoms with E-state index in [1.54, 1.807) is 50.1 Å². The predicted octanol–water partition coefficient (Wildman–Crippen LogP) is 3.33. The number of aryl methyl sites for hydroxylation is 2. The molecule has 0 aliphatic carbocycles. The van der Waals surface area contributed by atoms with Gasteiger partial charge in [-0.25, -0.2) is 0 Å². The first-order valence-corrected chi connectivity index (χ1v) is 10.1. The van der Waals surface area contributed by atoms with Crippen molar-refractivity contribution in [1.82, 2.24) is 14.8 Å². The average molecular weight is 405 g/mol. The second kappa shape index (κ2) is 9.43. The van der Waals surface area contributed by atoms with Gasteiger partial charge in [-0.15, -0.1) is 21.5 Å². The van der Waals surface area contributed by atoms with E-state index in [2.05, 4.69) is 27.0 Å². The number of methoxy groups -OCH3 is 2. The number of nitrogens with one attached hydrogen (secondary N) is 1. The summed E-state index contributed by atoms with van der Waals surface area (Å²) in [6, 6.07) is 9.41. The maximum Gasteiger partial charge on any atom is 0.234 e. The fourth-order valence-corrected chi connectivity index (χ4v) is 3.86. The van der Waals surface area contributed by atoms with Crippen LogP contribution < -0.4 is 14.8 Å². The van der Waals surface area contributed by atoms with Gasteiger partial charge in [0.1, 0.15) is 17.8 Å². The first kappa shape index (κ1) is 19.2. The molecule has 0 atom stereocenters. The lowest BCUT2D eigenvalue weighted by molar-refractivity contribution is -0.113. The lowest BCUT2D eigenvalue weighted by atomic mass is 10.2. The van der Waals surface area contributed by atoms with Gasteiger partial charge in [0, 0.05) is 17.5 Å². The fraction of sp³-hybridized carbons (Fsp3) is 0.278. The number of benzene rings is 1. The lowest BCUT2D eigenvalue weighted by Crippen LogP contribution is -2.15. The molecular formula is C18H20N4O3S2. The van der Waals surface area contributed by atoms with Gasteiger partial charge in [0.15, 0.2) is 5.16 Å². The van der Waals surface area contributed by atoms with Crippen LogP contribution >= 0.6 is 23.1 Å². The minimum atomic E-state index is -0.153. The van der Waals surface area contributed by atoms with Crippen LogP contribution in [0.4, 0.5) is 5.69 Å². The standard InChI is InChI=1S/C18H20N4O3S2/c1-24-13-5-6-16(25-2)15(10-13)20-17(23)11-27-18-21-19-12-22(18)8-7-14-4-3-9-26-14/h3-6,9-10,12H,7-8,11H2,1-2H3,(H,20,23). The largest absolute Gasteiger partial charge is 0.497 e. The minimum Gasteiger partial charge on any atom is -0.497 e. The van der Waals surface area contributed by atoms with Gasteiger partial charge in [0.2, 0.25) is 5.91 Å². The van der Waals surface area contributed by atoms with Gasteiger partial charge in [0.05, 0.1) is 25.7 Å². The fourth-order valence-electron chi connectivity index (χ4n) is 2.42. The number of thioether (sulfide) groups is 1. The van der Waals surface area contributed by atoms with E-state index in [0.29, 0.717) is 17.2 Å². The van der Waals surface area contributed by atoms with E-state index in [1.165, 1.54) is 16.6 Å². The Balaban J connectivity index is 1.56. The Kier molecular flexibility index (Phi) is 6.72. The third kappa shape index (κ3) is 5.24. The Morgan fingerprint density at radius 3 is 2.93 bits per heavy atom. The summed E-state index contributed by atoms with van der Waals surface area (Å²) in [4.78, 5) is 13.7. The van der Waals surface area contributed by atoms with E-state index < -0.39 is 0 Å². The molecule has 9 heteroatoms. The molecule has 2 aromatic heterocycles. The molecule has 2 heterocycles. The monoisotopic (exact) mass is 404 g/mol. The van der Waals surface area contributed by atoms with Gasteiger partial charge in [-0.1, -0.05) is 17.8 Å². The lowest BCUT2D eigenvalue weighted by Gasteiger charge is -2.11. The van der Waals surface area contributed by atoms with Crippen LogP contribution in [0.1, 0.15) is 4.88 Å². The second-order valence-electron chi connectivity index (χ2n) is 5.54. The Labute approximate surface area is 165 Å². The molecule has 1 amide bonds. The van der Waals surface area contributed by atoms with Crippen molar-refractivity contribution in [3.05, 3.63) is 46.9 Å². The molecule has 142 valence electrons. The summed E-state index contributed by atoms with van der Waals surface area (Å²) in [6.45, 7) is 0.779. The summed E-state index contributed by atoms with van der Waals surface area (Å²) in [5.74, 6) is 1.29. The van der Waals surface area contributed by atoms with Crippen LogP contribution in [0.15, 0.2) is 47.2 Å². The van der Waals surface area contributed by atoms with Crippen molar-refractivity contribution in [1.29, 1.82) is 0 Å². The number of anilines is 1. The van der Waals surface area contributed by atoms with Gasteiger partial charge < -0.3 is 19.4 Å². The topological polar surface area (TPSA) is 78.3 Å². The predicted molar refractivity (Wildman–Crippen MR) is 107 cm³/mol. The minimum absolute atomic E-state index is 0.153. The number of carbonyl (C=O) groups is 1. The number of thiophene rings is 1. The van der Waals surface area contributed by atoms with Gasteiger partial charge in [-0.2, -0.15) is 0 Å². The Bertz CT molecular complexity index is 881. The van der Waals surface area contributed by atoms with E-state index >= 15 is 0 Å². The maximum atomic E-state index is 12.3. The highest BCUT2D eigenvalue weighted by Gasteiger charge is 2.12. The van der Waals surface area contributed by atoms with Crippen LogP contribution in [-0.2, 0) is 17.8 Å². The summed E-state index contributed by atoms with van der Waals surface area (Å²) in [5, 5.41) is 13.7. The van der Waals surface area contributed by atoms with Crippen molar-refractivity contribution in [3.63, 3.8) is 0 Å². The maximum absolute atomic E-state index is 12.3. The molecule has 1 aromatic carbocycles. The zero-order valence-corrected chi connectivity index (χ0v) is 16.7. The Morgan fingerprint density at radius 1 is 1.30 bits per heavy atom. The van der Waals surface area contributed by atoms with Crippen LogP contribution in [-0.4, -0.2) is 40.6 Å². The Hall–Kier alpha value is -2.52. The molecular weight excluding hydrogens is 384 g/mol. The number of aromatic nitrogens is 3. The molecule has 0 radical (unpaired) electrons. The van der Waals surface area contributed by atoms with Crippen LogP contribution in [0.2, 0.25) is 0 Å². The molecule has 0 saturated heterocycles. The summed E-state index contributed by atoms with van der Waals surface area (Å²) in [7, 11) is 3.13. The van der Waals surface area contributed by atoms with Crippen LogP contribution in [0.3, 0.4) is 0 Å². The number of ether oxygens (including phenoxy) is 2. The molecule has 0 unspecified atom stereocenters. The van der Waals surface area contributed by atoms with Crippen molar-refractivity contribution in [2.45, 2.75) is 18.1 Å². The second-order valence-corrected chi connectivity index (χ2v) is 7.51. The van der Waals surface area contributed by atoms with E-state index in [1.807, 2.05) is 10.6 Å². The van der Waals surface area contributed by atoms with Gasteiger partial charge in [0.25, 0.3) is 0 Å². The molecule has 1 N–H and O–H groups in total. The first-order chi connectivity index (χ1) is 13.2. The first-order valence-electron chi connectivity index (χ1n) is 8.24. The number of rotatable bonds is 9. The molecule has 0 bridgehead atoms. The zero-order valence-electron chi connectivity index (χ0n) is 15.0. The Morgan fingerprint density at radius 2 is 2.19 bits per heavy atom. The SMILES string of the molecule is COc1ccc(OC)c(NC(=O)CSc2nncn2CCc2cccs2)c1. The van der Waals surface area contributed by atoms with Crippen molar-refractivity contribution < 1.29 is 14.3 Å². The summed E-state index contributed by atoms with van der Waals surface area (Å²) < 4.78 is 12.4. The third-order valence-electron chi connectivity index (χ3n) is 3.77. The number of nitrogens with zero attached hydrogens (tertiary/aromatic N) is 3. The molecule has 0 aliphatic heterocycles. The highest BCUT2D eigenvalue weighted by molar-refractivity contribution is 7.99. The number of hydrogen-bond acceptors (Lipinski definition) is 7. The quantitative estimate of drug-likeness (QED) is 0.551. The highest BCUT2D eigenvalue weighted by atomic mass is 32.2. The zero-order chi connectivity index (χ0) is 19.1. The van der Waals surface area contributed by atoms with E-state index in [0.717, 1.165) is 18.1 Å². The number of amides is 1. The van der Waals surface area contributed by atoms with E-state index in [9.17, 15) is 4.79 Å². The average Bonchev–Trinajstić information content (AvgIpc) is 3.36. The number of carbonyl (C=O) groups excluding carboxylic acids is 1. The van der Waals surface area contributed by atoms with Crippen molar-refractivity contribution in [3.8, 4) is 11.5 Å². The normalized spacial score (nSPS) is 10.6. The molecule has 0 fully saturated rings.